The Morgan fingerprint density at radius 1 is 1.00 bits per heavy atom. The molecular weight excluding hydrogens is 230 g/mol. The first-order chi connectivity index (χ1) is 8.79. The smallest absolute Gasteiger partial charge is 0.0695 e. The quantitative estimate of drug-likeness (QED) is 0.640. The van der Waals surface area contributed by atoms with Crippen molar-refractivity contribution in [3.8, 4) is 0 Å². The van der Waals surface area contributed by atoms with Gasteiger partial charge in [-0.1, -0.05) is 12.8 Å². The lowest BCUT2D eigenvalue weighted by Gasteiger charge is -2.37. The maximum atomic E-state index is 10.1. The Labute approximate surface area is 111 Å². The Balaban J connectivity index is 2.40. The van der Waals surface area contributed by atoms with Crippen molar-refractivity contribution in [3.63, 3.8) is 0 Å². The molecule has 0 aliphatic heterocycles. The Morgan fingerprint density at radius 3 is 2.06 bits per heavy atom. The third-order valence-electron chi connectivity index (χ3n) is 3.62. The summed E-state index contributed by atoms with van der Waals surface area (Å²) in [7, 11) is 0. The minimum Gasteiger partial charge on any atom is -0.391 e. The van der Waals surface area contributed by atoms with E-state index in [1.54, 1.807) is 0 Å². The van der Waals surface area contributed by atoms with Crippen LogP contribution in [0.15, 0.2) is 0 Å². The molecule has 108 valence electrons. The SMILES string of the molecule is CCOCCN(CCOCC)[C@H]1CCCC[C@@H]1O. The van der Waals surface area contributed by atoms with E-state index in [1.165, 1.54) is 6.42 Å². The molecule has 0 heterocycles. The van der Waals surface area contributed by atoms with Crippen molar-refractivity contribution in [1.82, 2.24) is 4.90 Å². The molecule has 18 heavy (non-hydrogen) atoms. The molecule has 0 saturated heterocycles. The fourth-order valence-electron chi connectivity index (χ4n) is 2.61. The largest absolute Gasteiger partial charge is 0.391 e. The number of hydrogen-bond donors (Lipinski definition) is 1. The van der Waals surface area contributed by atoms with Crippen LogP contribution < -0.4 is 0 Å². The molecule has 1 saturated carbocycles. The van der Waals surface area contributed by atoms with Crippen LogP contribution in [0, 0.1) is 0 Å². The third-order valence-corrected chi connectivity index (χ3v) is 3.62. The Hall–Kier alpha value is -0.160. The molecule has 4 heteroatoms. The van der Waals surface area contributed by atoms with Crippen molar-refractivity contribution in [1.29, 1.82) is 0 Å². The summed E-state index contributed by atoms with van der Waals surface area (Å²) < 4.78 is 10.9. The highest BCUT2D eigenvalue weighted by Gasteiger charge is 2.28. The highest BCUT2D eigenvalue weighted by atomic mass is 16.5. The Kier molecular flexibility index (Phi) is 8.59. The van der Waals surface area contributed by atoms with Gasteiger partial charge in [0.2, 0.25) is 0 Å². The second-order valence-corrected chi connectivity index (χ2v) is 4.85. The van der Waals surface area contributed by atoms with Crippen LogP contribution in [0.2, 0.25) is 0 Å². The minimum atomic E-state index is -0.179. The lowest BCUT2D eigenvalue weighted by molar-refractivity contribution is -0.00754. The predicted octanol–water partition coefficient (Wildman–Crippen LogP) is 1.66. The maximum Gasteiger partial charge on any atom is 0.0695 e. The standard InChI is InChI=1S/C14H29NO3/c1-3-17-11-9-15(10-12-18-4-2)13-7-5-6-8-14(13)16/h13-14,16H,3-12H2,1-2H3/t13-,14-/m0/s1. The van der Waals surface area contributed by atoms with Gasteiger partial charge in [0.1, 0.15) is 0 Å². The van der Waals surface area contributed by atoms with E-state index in [4.69, 9.17) is 9.47 Å². The van der Waals surface area contributed by atoms with Crippen molar-refractivity contribution < 1.29 is 14.6 Å². The predicted molar refractivity (Wildman–Crippen MR) is 72.8 cm³/mol. The molecule has 4 nitrogen and oxygen atoms in total. The van der Waals surface area contributed by atoms with E-state index in [2.05, 4.69) is 4.90 Å². The van der Waals surface area contributed by atoms with Gasteiger partial charge >= 0.3 is 0 Å². The Bertz CT molecular complexity index is 191. The van der Waals surface area contributed by atoms with Gasteiger partial charge in [0, 0.05) is 32.3 Å². The van der Waals surface area contributed by atoms with Crippen LogP contribution >= 0.6 is 0 Å². The van der Waals surface area contributed by atoms with E-state index in [-0.39, 0.29) is 6.10 Å². The number of aliphatic hydroxyl groups is 1. The summed E-state index contributed by atoms with van der Waals surface area (Å²) >= 11 is 0. The van der Waals surface area contributed by atoms with Crippen LogP contribution in [0.1, 0.15) is 39.5 Å². The number of nitrogens with zero attached hydrogens (tertiary/aromatic N) is 1. The molecule has 0 aromatic carbocycles. The monoisotopic (exact) mass is 259 g/mol. The first-order valence-corrected chi connectivity index (χ1v) is 7.37. The van der Waals surface area contributed by atoms with Crippen LogP contribution in [0.5, 0.6) is 0 Å². The Morgan fingerprint density at radius 2 is 1.56 bits per heavy atom. The summed E-state index contributed by atoms with van der Waals surface area (Å²) in [6.07, 6.45) is 4.23. The van der Waals surface area contributed by atoms with E-state index < -0.39 is 0 Å². The number of hydrogen-bond acceptors (Lipinski definition) is 4. The van der Waals surface area contributed by atoms with Crippen LogP contribution in [-0.4, -0.2) is 61.7 Å². The van der Waals surface area contributed by atoms with Crippen molar-refractivity contribution in [2.45, 2.75) is 51.7 Å². The number of ether oxygens (including phenoxy) is 2. The van der Waals surface area contributed by atoms with E-state index >= 15 is 0 Å². The van der Waals surface area contributed by atoms with Crippen LogP contribution in [0.4, 0.5) is 0 Å². The first-order valence-electron chi connectivity index (χ1n) is 7.37. The van der Waals surface area contributed by atoms with Gasteiger partial charge in [-0.25, -0.2) is 0 Å². The van der Waals surface area contributed by atoms with Crippen molar-refractivity contribution >= 4 is 0 Å². The van der Waals surface area contributed by atoms with E-state index in [0.717, 1.165) is 58.8 Å². The normalized spacial score (nSPS) is 24.7. The lowest BCUT2D eigenvalue weighted by Crippen LogP contribution is -2.48. The second-order valence-electron chi connectivity index (χ2n) is 4.85. The summed E-state index contributed by atoms with van der Waals surface area (Å²) in [5, 5.41) is 10.1. The highest BCUT2D eigenvalue weighted by Crippen LogP contribution is 2.23. The lowest BCUT2D eigenvalue weighted by atomic mass is 9.91. The summed E-state index contributed by atoms with van der Waals surface area (Å²) in [5.74, 6) is 0. The van der Waals surface area contributed by atoms with Gasteiger partial charge in [-0.05, 0) is 26.7 Å². The van der Waals surface area contributed by atoms with E-state index in [9.17, 15) is 5.11 Å². The molecule has 1 rings (SSSR count). The first kappa shape index (κ1) is 15.9. The van der Waals surface area contributed by atoms with Crippen molar-refractivity contribution in [2.75, 3.05) is 39.5 Å². The molecule has 1 fully saturated rings. The summed E-state index contributed by atoms with van der Waals surface area (Å²) in [6.45, 7) is 8.81. The van der Waals surface area contributed by atoms with E-state index in [1.807, 2.05) is 13.8 Å². The summed E-state index contributed by atoms with van der Waals surface area (Å²) in [4.78, 5) is 2.34. The fourth-order valence-corrected chi connectivity index (χ4v) is 2.61. The topological polar surface area (TPSA) is 41.9 Å². The van der Waals surface area contributed by atoms with Crippen LogP contribution in [0.25, 0.3) is 0 Å². The fraction of sp³-hybridized carbons (Fsp3) is 1.00. The molecule has 0 bridgehead atoms. The van der Waals surface area contributed by atoms with Gasteiger partial charge in [-0.2, -0.15) is 0 Å². The van der Waals surface area contributed by atoms with Gasteiger partial charge in [-0.15, -0.1) is 0 Å². The number of aliphatic hydroxyl groups excluding tert-OH is 1. The zero-order valence-electron chi connectivity index (χ0n) is 11.9. The summed E-state index contributed by atoms with van der Waals surface area (Å²) in [5.41, 5.74) is 0. The minimum absolute atomic E-state index is 0.179. The molecular formula is C14H29NO3. The molecule has 2 atom stereocenters. The van der Waals surface area contributed by atoms with Gasteiger partial charge in [-0.3, -0.25) is 4.90 Å². The van der Waals surface area contributed by atoms with Crippen LogP contribution in [-0.2, 0) is 9.47 Å². The molecule has 1 aliphatic rings. The molecule has 0 radical (unpaired) electrons. The molecule has 0 aromatic heterocycles. The zero-order chi connectivity index (χ0) is 13.2. The second kappa shape index (κ2) is 9.73. The summed E-state index contributed by atoms with van der Waals surface area (Å²) in [6, 6.07) is 0.291. The van der Waals surface area contributed by atoms with E-state index in [0.29, 0.717) is 6.04 Å². The van der Waals surface area contributed by atoms with Crippen molar-refractivity contribution in [2.24, 2.45) is 0 Å². The van der Waals surface area contributed by atoms with Gasteiger partial charge in [0.15, 0.2) is 0 Å². The third kappa shape index (κ3) is 5.65. The van der Waals surface area contributed by atoms with Gasteiger partial charge in [0.05, 0.1) is 19.3 Å². The van der Waals surface area contributed by atoms with Crippen molar-refractivity contribution in [3.05, 3.63) is 0 Å². The number of rotatable bonds is 9. The molecule has 1 N–H and O–H groups in total. The van der Waals surface area contributed by atoms with Gasteiger partial charge < -0.3 is 14.6 Å². The highest BCUT2D eigenvalue weighted by molar-refractivity contribution is 4.83. The van der Waals surface area contributed by atoms with Gasteiger partial charge in [0.25, 0.3) is 0 Å². The molecule has 0 aromatic rings. The van der Waals surface area contributed by atoms with Crippen LogP contribution in [0.3, 0.4) is 0 Å². The molecule has 0 spiro atoms. The average Bonchev–Trinajstić information content (AvgIpc) is 2.38. The molecule has 1 aliphatic carbocycles. The maximum absolute atomic E-state index is 10.1. The molecule has 0 unspecified atom stereocenters. The molecule has 0 amide bonds. The zero-order valence-corrected chi connectivity index (χ0v) is 11.9. The average molecular weight is 259 g/mol.